The van der Waals surface area contributed by atoms with Crippen molar-refractivity contribution in [3.63, 3.8) is 0 Å². The van der Waals surface area contributed by atoms with E-state index in [9.17, 15) is 13.2 Å². The van der Waals surface area contributed by atoms with Crippen LogP contribution in [0.25, 0.3) is 21.6 Å². The first-order valence-electron chi connectivity index (χ1n) is 9.07. The van der Waals surface area contributed by atoms with E-state index >= 15 is 0 Å². The van der Waals surface area contributed by atoms with Crippen LogP contribution < -0.4 is 4.74 Å². The van der Waals surface area contributed by atoms with Crippen molar-refractivity contribution in [3.05, 3.63) is 35.1 Å². The fraction of sp³-hybridized carbons (Fsp3) is 0.450. The quantitative estimate of drug-likeness (QED) is 0.490. The zero-order valence-corrected chi connectivity index (χ0v) is 17.0. The molecule has 1 atom stereocenters. The molecule has 28 heavy (non-hydrogen) atoms. The van der Waals surface area contributed by atoms with Gasteiger partial charge in [-0.1, -0.05) is 32.1 Å². The van der Waals surface area contributed by atoms with E-state index in [1.54, 1.807) is 6.07 Å². The molecule has 0 saturated carbocycles. The average molecular weight is 409 g/mol. The topological polar surface area (TPSA) is 47.9 Å². The lowest BCUT2D eigenvalue weighted by molar-refractivity contribution is -0.139. The highest BCUT2D eigenvalue weighted by molar-refractivity contribution is 7.18. The zero-order valence-electron chi connectivity index (χ0n) is 16.2. The lowest BCUT2D eigenvalue weighted by Crippen LogP contribution is -2.14. The summed E-state index contributed by atoms with van der Waals surface area (Å²) in [5, 5.41) is 0.784. The molecule has 3 aromatic rings. The zero-order chi connectivity index (χ0) is 20.5. The third-order valence-corrected chi connectivity index (χ3v) is 5.14. The van der Waals surface area contributed by atoms with Crippen LogP contribution in [0.15, 0.2) is 24.5 Å². The Morgan fingerprint density at radius 2 is 1.89 bits per heavy atom. The Balaban J connectivity index is 1.97. The second-order valence-electron chi connectivity index (χ2n) is 7.36. The van der Waals surface area contributed by atoms with Crippen LogP contribution in [0, 0.1) is 18.8 Å². The number of rotatable bonds is 6. The molecule has 0 saturated heterocycles. The van der Waals surface area contributed by atoms with Gasteiger partial charge in [0.2, 0.25) is 0 Å². The summed E-state index contributed by atoms with van der Waals surface area (Å²) in [6, 6.07) is 4.04. The number of halogens is 3. The number of hydrogen-bond acceptors (Lipinski definition) is 5. The van der Waals surface area contributed by atoms with E-state index < -0.39 is 11.7 Å². The Morgan fingerprint density at radius 1 is 1.14 bits per heavy atom. The third kappa shape index (κ3) is 4.60. The molecule has 0 aliphatic carbocycles. The van der Waals surface area contributed by atoms with Gasteiger partial charge in [0.05, 0.1) is 17.2 Å². The highest BCUT2D eigenvalue weighted by atomic mass is 32.1. The Labute approximate surface area is 165 Å². The van der Waals surface area contributed by atoms with Gasteiger partial charge in [-0.05, 0) is 43.4 Å². The van der Waals surface area contributed by atoms with Crippen LogP contribution in [0.5, 0.6) is 5.75 Å². The fourth-order valence-corrected chi connectivity index (χ4v) is 3.95. The minimum atomic E-state index is -4.53. The molecule has 0 bridgehead atoms. The van der Waals surface area contributed by atoms with Crippen LogP contribution in [0.2, 0.25) is 0 Å². The maximum Gasteiger partial charge on any atom is 0.419 e. The van der Waals surface area contributed by atoms with Gasteiger partial charge in [-0.25, -0.2) is 15.0 Å². The first kappa shape index (κ1) is 20.5. The normalized spacial score (nSPS) is 13.3. The Hall–Kier alpha value is -2.22. The maximum absolute atomic E-state index is 13.7. The van der Waals surface area contributed by atoms with E-state index in [-0.39, 0.29) is 18.3 Å². The predicted molar refractivity (Wildman–Crippen MR) is 104 cm³/mol. The number of fused-ring (bicyclic) bond motifs is 1. The van der Waals surface area contributed by atoms with Gasteiger partial charge in [-0.3, -0.25) is 0 Å². The van der Waals surface area contributed by atoms with Crippen molar-refractivity contribution < 1.29 is 17.9 Å². The molecular formula is C20H22F3N3OS. The van der Waals surface area contributed by atoms with Gasteiger partial charge >= 0.3 is 6.18 Å². The summed E-state index contributed by atoms with van der Waals surface area (Å²) in [5.41, 5.74) is 0.435. The van der Waals surface area contributed by atoms with E-state index in [1.807, 2.05) is 13.8 Å². The lowest BCUT2D eigenvalue weighted by Gasteiger charge is -2.19. The minimum Gasteiger partial charge on any atom is -0.493 e. The summed E-state index contributed by atoms with van der Waals surface area (Å²) in [5.74, 6) is 0.469. The molecule has 0 N–H and O–H groups in total. The summed E-state index contributed by atoms with van der Waals surface area (Å²) in [4.78, 5) is 13.3. The molecule has 0 amide bonds. The predicted octanol–water partition coefficient (Wildman–Crippen LogP) is 6.14. The molecule has 0 aliphatic heterocycles. The smallest absolute Gasteiger partial charge is 0.419 e. The number of aryl methyl sites for hydroxylation is 1. The summed E-state index contributed by atoms with van der Waals surface area (Å²) < 4.78 is 46.6. The van der Waals surface area contributed by atoms with E-state index in [2.05, 4.69) is 28.8 Å². The van der Waals surface area contributed by atoms with Gasteiger partial charge in [-0.15, -0.1) is 0 Å². The van der Waals surface area contributed by atoms with Crippen molar-refractivity contribution in [1.82, 2.24) is 15.0 Å². The monoisotopic (exact) mass is 409 g/mol. The maximum atomic E-state index is 13.7. The fourth-order valence-electron chi connectivity index (χ4n) is 3.20. The van der Waals surface area contributed by atoms with Crippen LogP contribution in [0.3, 0.4) is 0 Å². The van der Waals surface area contributed by atoms with Crippen LogP contribution in [0.1, 0.15) is 37.8 Å². The number of hydrogen-bond donors (Lipinski definition) is 0. The third-order valence-electron chi connectivity index (χ3n) is 4.26. The van der Waals surface area contributed by atoms with Gasteiger partial charge in [0.15, 0.2) is 0 Å². The summed E-state index contributed by atoms with van der Waals surface area (Å²) in [7, 11) is 0. The largest absolute Gasteiger partial charge is 0.493 e. The number of ether oxygens (including phenoxy) is 1. The van der Waals surface area contributed by atoms with E-state index in [1.165, 1.54) is 23.7 Å². The Kier molecular flexibility index (Phi) is 5.88. The molecule has 1 unspecified atom stereocenters. The van der Waals surface area contributed by atoms with Crippen molar-refractivity contribution in [2.45, 2.75) is 40.3 Å². The number of thiazole rings is 1. The number of benzene rings is 1. The molecule has 0 radical (unpaired) electrons. The molecule has 3 rings (SSSR count). The van der Waals surface area contributed by atoms with E-state index in [0.717, 1.165) is 17.5 Å². The second-order valence-corrected chi connectivity index (χ2v) is 8.54. The average Bonchev–Trinajstić information content (AvgIpc) is 2.98. The molecule has 4 nitrogen and oxygen atoms in total. The van der Waals surface area contributed by atoms with Crippen molar-refractivity contribution in [3.8, 4) is 17.0 Å². The van der Waals surface area contributed by atoms with Crippen LogP contribution in [-0.4, -0.2) is 21.6 Å². The van der Waals surface area contributed by atoms with Crippen molar-refractivity contribution in [2.24, 2.45) is 11.8 Å². The molecule has 0 aliphatic rings. The molecule has 2 aromatic heterocycles. The van der Waals surface area contributed by atoms with E-state index in [4.69, 9.17) is 4.74 Å². The van der Waals surface area contributed by atoms with Crippen molar-refractivity contribution >= 4 is 21.7 Å². The summed E-state index contributed by atoms with van der Waals surface area (Å²) >= 11 is 1.38. The van der Waals surface area contributed by atoms with Gasteiger partial charge < -0.3 is 4.74 Å². The van der Waals surface area contributed by atoms with Gasteiger partial charge in [0.1, 0.15) is 28.1 Å². The Morgan fingerprint density at radius 3 is 2.57 bits per heavy atom. The van der Waals surface area contributed by atoms with Crippen LogP contribution in [0.4, 0.5) is 13.2 Å². The Bertz CT molecular complexity index is 969. The van der Waals surface area contributed by atoms with Gasteiger partial charge in [0, 0.05) is 5.56 Å². The summed E-state index contributed by atoms with van der Waals surface area (Å²) in [6.07, 6.45) is -2.29. The summed E-state index contributed by atoms with van der Waals surface area (Å²) in [6.45, 7) is 8.20. The molecule has 8 heteroatoms. The molecular weight excluding hydrogens is 387 g/mol. The SMILES string of the molecule is Cc1nc2c(-c3ccc(OCC(C)CC(C)C)c(C(F)(F)F)c3)ncnc2s1. The number of nitrogens with zero attached hydrogens (tertiary/aromatic N) is 3. The van der Waals surface area contributed by atoms with E-state index in [0.29, 0.717) is 27.5 Å². The first-order valence-corrected chi connectivity index (χ1v) is 9.89. The first-order chi connectivity index (χ1) is 13.1. The number of aromatic nitrogens is 3. The lowest BCUT2D eigenvalue weighted by atomic mass is 10.00. The highest BCUT2D eigenvalue weighted by Gasteiger charge is 2.35. The molecule has 0 fully saturated rings. The molecule has 2 heterocycles. The van der Waals surface area contributed by atoms with Gasteiger partial charge in [-0.2, -0.15) is 13.2 Å². The van der Waals surface area contributed by atoms with Gasteiger partial charge in [0.25, 0.3) is 0 Å². The highest BCUT2D eigenvalue weighted by Crippen LogP contribution is 2.40. The second kappa shape index (κ2) is 8.03. The molecule has 0 spiro atoms. The molecule has 150 valence electrons. The molecule has 1 aromatic carbocycles. The van der Waals surface area contributed by atoms with Crippen molar-refractivity contribution in [2.75, 3.05) is 6.61 Å². The van der Waals surface area contributed by atoms with Crippen LogP contribution >= 0.6 is 11.3 Å². The minimum absolute atomic E-state index is 0.161. The number of alkyl halides is 3. The van der Waals surface area contributed by atoms with Crippen LogP contribution in [-0.2, 0) is 6.18 Å². The standard InChI is InChI=1S/C20H22F3N3OS/c1-11(2)7-12(3)9-27-16-6-5-14(8-15(16)20(21,22)23)17-18-19(25-10-24-17)28-13(4)26-18/h5-6,8,10-12H,7,9H2,1-4H3. The van der Waals surface area contributed by atoms with Crippen molar-refractivity contribution in [1.29, 1.82) is 0 Å².